The minimum absolute atomic E-state index is 0.812. The Hall–Kier alpha value is -1.06. The molecule has 1 aromatic carbocycles. The van der Waals surface area contributed by atoms with Crippen LogP contribution < -0.4 is 16.2 Å². The van der Waals surface area contributed by atoms with Crippen molar-refractivity contribution in [2.75, 3.05) is 7.11 Å². The molecule has 54 valence electrons. The SMILES string of the molecule is COc1ccc([NH3+])cc1[NH3+]. The monoisotopic (exact) mass is 140 g/mol. The zero-order chi connectivity index (χ0) is 7.56. The minimum atomic E-state index is 0.812. The van der Waals surface area contributed by atoms with E-state index in [1.54, 1.807) is 7.11 Å². The third kappa shape index (κ3) is 1.26. The molecule has 1 rings (SSSR count). The van der Waals surface area contributed by atoms with Crippen LogP contribution in [0.4, 0.5) is 11.4 Å². The number of rotatable bonds is 1. The topological polar surface area (TPSA) is 64.5 Å². The van der Waals surface area contributed by atoms with Crippen molar-refractivity contribution >= 4 is 11.4 Å². The Morgan fingerprint density at radius 2 is 2.00 bits per heavy atom. The van der Waals surface area contributed by atoms with Gasteiger partial charge in [-0.05, 0) is 6.07 Å². The van der Waals surface area contributed by atoms with Crippen molar-refractivity contribution in [3.05, 3.63) is 18.2 Å². The van der Waals surface area contributed by atoms with Gasteiger partial charge in [-0.3, -0.25) is 0 Å². The van der Waals surface area contributed by atoms with Crippen molar-refractivity contribution in [1.82, 2.24) is 0 Å². The average Bonchev–Trinajstić information content (AvgIpc) is 1.88. The number of hydrogen-bond acceptors (Lipinski definition) is 1. The Kier molecular flexibility index (Phi) is 1.89. The van der Waals surface area contributed by atoms with E-state index in [9.17, 15) is 0 Å². The number of benzene rings is 1. The average molecular weight is 140 g/mol. The van der Waals surface area contributed by atoms with Crippen molar-refractivity contribution in [3.63, 3.8) is 0 Å². The van der Waals surface area contributed by atoms with Gasteiger partial charge in [0.15, 0.2) is 11.4 Å². The maximum atomic E-state index is 5.01. The number of hydrogen-bond donors (Lipinski definition) is 2. The molecular weight excluding hydrogens is 128 g/mol. The van der Waals surface area contributed by atoms with E-state index in [2.05, 4.69) is 11.5 Å². The molecular formula is C7H12N2O+2. The van der Waals surface area contributed by atoms with Crippen molar-refractivity contribution in [2.45, 2.75) is 0 Å². The second-order valence-corrected chi connectivity index (χ2v) is 2.15. The molecule has 0 unspecified atom stereocenters. The van der Waals surface area contributed by atoms with Gasteiger partial charge in [0.1, 0.15) is 5.69 Å². The summed E-state index contributed by atoms with van der Waals surface area (Å²) in [5.74, 6) is 0.812. The molecule has 3 nitrogen and oxygen atoms in total. The summed E-state index contributed by atoms with van der Waals surface area (Å²) in [6.07, 6.45) is 0. The fourth-order valence-electron chi connectivity index (χ4n) is 0.832. The van der Waals surface area contributed by atoms with Crippen molar-refractivity contribution in [2.24, 2.45) is 0 Å². The van der Waals surface area contributed by atoms with Gasteiger partial charge in [0, 0.05) is 6.07 Å². The molecule has 0 spiro atoms. The maximum Gasteiger partial charge on any atom is 0.179 e. The van der Waals surface area contributed by atoms with Gasteiger partial charge < -0.3 is 16.2 Å². The highest BCUT2D eigenvalue weighted by Crippen LogP contribution is 2.19. The second kappa shape index (κ2) is 2.68. The lowest BCUT2D eigenvalue weighted by Crippen LogP contribution is -2.44. The molecule has 0 aliphatic carbocycles. The Morgan fingerprint density at radius 3 is 2.50 bits per heavy atom. The van der Waals surface area contributed by atoms with Crippen LogP contribution >= 0.6 is 0 Å². The quantitative estimate of drug-likeness (QED) is 0.539. The van der Waals surface area contributed by atoms with Gasteiger partial charge in [-0.1, -0.05) is 0 Å². The lowest BCUT2D eigenvalue weighted by Gasteiger charge is -1.98. The molecule has 0 aliphatic heterocycles. The van der Waals surface area contributed by atoms with Crippen LogP contribution in [-0.4, -0.2) is 7.11 Å². The van der Waals surface area contributed by atoms with E-state index in [-0.39, 0.29) is 0 Å². The lowest BCUT2D eigenvalue weighted by atomic mass is 10.2. The summed E-state index contributed by atoms with van der Waals surface area (Å²) in [7, 11) is 1.63. The summed E-state index contributed by atoms with van der Waals surface area (Å²) in [4.78, 5) is 0. The summed E-state index contributed by atoms with van der Waals surface area (Å²) in [6, 6.07) is 5.65. The van der Waals surface area contributed by atoms with Gasteiger partial charge in [-0.25, -0.2) is 0 Å². The van der Waals surface area contributed by atoms with E-state index < -0.39 is 0 Å². The molecule has 3 heteroatoms. The highest BCUT2D eigenvalue weighted by atomic mass is 16.5. The first kappa shape index (κ1) is 7.05. The molecule has 0 heterocycles. The molecule has 6 N–H and O–H groups in total. The highest BCUT2D eigenvalue weighted by molar-refractivity contribution is 5.51. The fraction of sp³-hybridized carbons (Fsp3) is 0.143. The zero-order valence-corrected chi connectivity index (χ0v) is 6.05. The van der Waals surface area contributed by atoms with E-state index in [0.29, 0.717) is 0 Å². The molecule has 0 aliphatic rings. The van der Waals surface area contributed by atoms with E-state index in [1.807, 2.05) is 18.2 Å². The van der Waals surface area contributed by atoms with Crippen LogP contribution in [0.3, 0.4) is 0 Å². The largest absolute Gasteiger partial charge is 0.491 e. The van der Waals surface area contributed by atoms with E-state index in [4.69, 9.17) is 4.74 Å². The third-order valence-electron chi connectivity index (χ3n) is 1.34. The molecule has 0 aromatic heterocycles. The molecule has 1 aromatic rings. The standard InChI is InChI=1S/C7H10N2O/c1-10-7-3-2-5(8)4-6(7)9/h2-4H,8-9H2,1H3/p+2. The summed E-state index contributed by atoms with van der Waals surface area (Å²) in [6.45, 7) is 0. The number of methoxy groups -OCH3 is 1. The predicted molar refractivity (Wildman–Crippen MR) is 38.1 cm³/mol. The summed E-state index contributed by atoms with van der Waals surface area (Å²) in [5, 5.41) is 0. The van der Waals surface area contributed by atoms with Gasteiger partial charge in [-0.2, -0.15) is 0 Å². The van der Waals surface area contributed by atoms with E-state index in [0.717, 1.165) is 17.1 Å². The Labute approximate surface area is 59.6 Å². The van der Waals surface area contributed by atoms with Crippen LogP contribution in [0.15, 0.2) is 18.2 Å². The first-order chi connectivity index (χ1) is 4.74. The molecule has 0 saturated heterocycles. The molecule has 10 heavy (non-hydrogen) atoms. The molecule has 0 saturated carbocycles. The van der Waals surface area contributed by atoms with Gasteiger partial charge >= 0.3 is 0 Å². The van der Waals surface area contributed by atoms with E-state index >= 15 is 0 Å². The fourth-order valence-corrected chi connectivity index (χ4v) is 0.832. The molecule has 0 atom stereocenters. The molecule has 0 fully saturated rings. The van der Waals surface area contributed by atoms with Crippen LogP contribution in [0.5, 0.6) is 5.75 Å². The predicted octanol–water partition coefficient (Wildman–Crippen LogP) is -0.558. The first-order valence-corrected chi connectivity index (χ1v) is 3.06. The second-order valence-electron chi connectivity index (χ2n) is 2.15. The first-order valence-electron chi connectivity index (χ1n) is 3.06. The molecule has 0 bridgehead atoms. The van der Waals surface area contributed by atoms with Gasteiger partial charge in [-0.15, -0.1) is 0 Å². The zero-order valence-electron chi connectivity index (χ0n) is 6.05. The number of quaternary nitrogens is 2. The van der Waals surface area contributed by atoms with E-state index in [1.165, 1.54) is 0 Å². The van der Waals surface area contributed by atoms with Crippen LogP contribution in [-0.2, 0) is 0 Å². The Balaban J connectivity index is 3.07. The smallest absolute Gasteiger partial charge is 0.179 e. The van der Waals surface area contributed by atoms with Crippen LogP contribution in [0.1, 0.15) is 0 Å². The Bertz CT molecular complexity index is 235. The van der Waals surface area contributed by atoms with Crippen LogP contribution in [0, 0.1) is 0 Å². The van der Waals surface area contributed by atoms with Gasteiger partial charge in [0.25, 0.3) is 0 Å². The summed E-state index contributed by atoms with van der Waals surface area (Å²) < 4.78 is 5.01. The Morgan fingerprint density at radius 1 is 1.30 bits per heavy atom. The highest BCUT2D eigenvalue weighted by Gasteiger charge is 2.01. The third-order valence-corrected chi connectivity index (χ3v) is 1.34. The van der Waals surface area contributed by atoms with Gasteiger partial charge in [0.2, 0.25) is 0 Å². The summed E-state index contributed by atoms with van der Waals surface area (Å²) in [5.41, 5.74) is 9.40. The van der Waals surface area contributed by atoms with Gasteiger partial charge in [0.05, 0.1) is 13.2 Å². The van der Waals surface area contributed by atoms with Crippen molar-refractivity contribution in [1.29, 1.82) is 0 Å². The lowest BCUT2D eigenvalue weighted by molar-refractivity contribution is -0.266. The normalized spacial score (nSPS) is 9.50. The van der Waals surface area contributed by atoms with Crippen LogP contribution in [0.25, 0.3) is 0 Å². The number of ether oxygens (including phenoxy) is 1. The molecule has 0 radical (unpaired) electrons. The maximum absolute atomic E-state index is 5.01. The van der Waals surface area contributed by atoms with Crippen molar-refractivity contribution < 1.29 is 16.2 Å². The van der Waals surface area contributed by atoms with Crippen LogP contribution in [0.2, 0.25) is 0 Å². The minimum Gasteiger partial charge on any atom is -0.491 e. The summed E-state index contributed by atoms with van der Waals surface area (Å²) >= 11 is 0. The molecule has 0 amide bonds. The van der Waals surface area contributed by atoms with Crippen molar-refractivity contribution in [3.8, 4) is 5.75 Å².